The summed E-state index contributed by atoms with van der Waals surface area (Å²) in [4.78, 5) is 15.3. The Labute approximate surface area is 187 Å². The molecule has 0 aromatic heterocycles. The Morgan fingerprint density at radius 1 is 1.14 bits per heavy atom. The number of hydrogen-bond acceptors (Lipinski definition) is 4. The molecule has 7 heteroatoms. The van der Waals surface area contributed by atoms with E-state index >= 15 is 0 Å². The van der Waals surface area contributed by atoms with E-state index in [1.54, 1.807) is 7.11 Å². The molecule has 3 aliphatic rings. The minimum atomic E-state index is -0.00630. The number of nitrogens with zero attached hydrogens (tertiary/aromatic N) is 1. The number of carbonyl (C=O) groups is 1. The van der Waals surface area contributed by atoms with E-state index in [-0.39, 0.29) is 42.8 Å². The fourth-order valence-electron chi connectivity index (χ4n) is 5.18. The number of methoxy groups -OCH3 is 1. The third-order valence-corrected chi connectivity index (χ3v) is 6.73. The van der Waals surface area contributed by atoms with Crippen molar-refractivity contribution in [1.29, 1.82) is 0 Å². The SMILES string of the molecule is COc1ccc(C(CNC(=O)C2CC3CCCCC3N2)N2CCCC2)cc1.Cl.Cl. The van der Waals surface area contributed by atoms with Gasteiger partial charge in [-0.15, -0.1) is 24.8 Å². The number of hydrogen-bond donors (Lipinski definition) is 2. The Balaban J connectivity index is 0.00000150. The zero-order valence-electron chi connectivity index (χ0n) is 17.3. The number of fused-ring (bicyclic) bond motifs is 1. The van der Waals surface area contributed by atoms with Crippen molar-refractivity contribution in [2.24, 2.45) is 5.92 Å². The summed E-state index contributed by atoms with van der Waals surface area (Å²) in [6.45, 7) is 2.90. The lowest BCUT2D eigenvalue weighted by Gasteiger charge is -2.29. The van der Waals surface area contributed by atoms with Crippen molar-refractivity contribution in [3.05, 3.63) is 29.8 Å². The topological polar surface area (TPSA) is 53.6 Å². The van der Waals surface area contributed by atoms with Crippen LogP contribution in [-0.4, -0.2) is 49.6 Å². The van der Waals surface area contributed by atoms with Crippen molar-refractivity contribution >= 4 is 30.7 Å². The van der Waals surface area contributed by atoms with Gasteiger partial charge in [0.15, 0.2) is 0 Å². The average molecular weight is 444 g/mol. The molecule has 0 radical (unpaired) electrons. The van der Waals surface area contributed by atoms with Gasteiger partial charge in [-0.05, 0) is 68.8 Å². The molecule has 0 spiro atoms. The van der Waals surface area contributed by atoms with Crippen LogP contribution in [0.4, 0.5) is 0 Å². The van der Waals surface area contributed by atoms with Gasteiger partial charge in [-0.1, -0.05) is 25.0 Å². The Hall–Kier alpha value is -1.01. The summed E-state index contributed by atoms with van der Waals surface area (Å²) in [5.41, 5.74) is 1.26. The minimum absolute atomic E-state index is 0. The summed E-state index contributed by atoms with van der Waals surface area (Å²) < 4.78 is 5.29. The average Bonchev–Trinajstić information content (AvgIpc) is 3.38. The molecule has 164 valence electrons. The van der Waals surface area contributed by atoms with Gasteiger partial charge in [0.25, 0.3) is 0 Å². The van der Waals surface area contributed by atoms with Crippen molar-refractivity contribution in [2.75, 3.05) is 26.7 Å². The van der Waals surface area contributed by atoms with Gasteiger partial charge >= 0.3 is 0 Å². The van der Waals surface area contributed by atoms with Gasteiger partial charge < -0.3 is 15.4 Å². The van der Waals surface area contributed by atoms with E-state index in [9.17, 15) is 4.79 Å². The number of nitrogens with one attached hydrogen (secondary N) is 2. The lowest BCUT2D eigenvalue weighted by Crippen LogP contribution is -2.45. The zero-order chi connectivity index (χ0) is 18.6. The molecule has 5 nitrogen and oxygen atoms in total. The van der Waals surface area contributed by atoms with Crippen LogP contribution in [0.1, 0.15) is 56.6 Å². The largest absolute Gasteiger partial charge is 0.497 e. The molecule has 1 aromatic carbocycles. The van der Waals surface area contributed by atoms with E-state index in [1.165, 1.54) is 44.1 Å². The molecule has 2 N–H and O–H groups in total. The van der Waals surface area contributed by atoms with Gasteiger partial charge in [-0.3, -0.25) is 9.69 Å². The lowest BCUT2D eigenvalue weighted by molar-refractivity contribution is -0.123. The summed E-state index contributed by atoms with van der Waals surface area (Å²) in [6, 6.07) is 9.10. The Morgan fingerprint density at radius 2 is 1.83 bits per heavy atom. The van der Waals surface area contributed by atoms with E-state index in [4.69, 9.17) is 4.74 Å². The maximum absolute atomic E-state index is 12.8. The first kappa shape index (κ1) is 24.3. The van der Waals surface area contributed by atoms with Gasteiger partial charge in [0.1, 0.15) is 5.75 Å². The second kappa shape index (κ2) is 11.4. The van der Waals surface area contributed by atoms with Crippen LogP contribution >= 0.6 is 24.8 Å². The predicted octanol–water partition coefficient (Wildman–Crippen LogP) is 3.71. The van der Waals surface area contributed by atoms with Crippen molar-refractivity contribution < 1.29 is 9.53 Å². The first-order valence-electron chi connectivity index (χ1n) is 10.7. The van der Waals surface area contributed by atoms with Crippen LogP contribution in [0.25, 0.3) is 0 Å². The maximum atomic E-state index is 12.8. The van der Waals surface area contributed by atoms with Crippen LogP contribution in [0.3, 0.4) is 0 Å². The zero-order valence-corrected chi connectivity index (χ0v) is 18.9. The molecule has 1 amide bonds. The number of rotatable bonds is 6. The molecule has 4 unspecified atom stereocenters. The first-order valence-corrected chi connectivity index (χ1v) is 10.7. The van der Waals surface area contributed by atoms with Crippen LogP contribution in [0.5, 0.6) is 5.75 Å². The predicted molar refractivity (Wildman–Crippen MR) is 121 cm³/mol. The van der Waals surface area contributed by atoms with E-state index in [1.807, 2.05) is 12.1 Å². The Kier molecular flexibility index (Phi) is 9.54. The monoisotopic (exact) mass is 443 g/mol. The van der Waals surface area contributed by atoms with Gasteiger partial charge in [-0.2, -0.15) is 0 Å². The molecule has 3 fully saturated rings. The summed E-state index contributed by atoms with van der Waals surface area (Å²) in [6.07, 6.45) is 8.64. The number of likely N-dealkylation sites (tertiary alicyclic amines) is 1. The molecule has 4 atom stereocenters. The molecule has 0 bridgehead atoms. The molecular weight excluding hydrogens is 409 g/mol. The highest BCUT2D eigenvalue weighted by Gasteiger charge is 2.38. The maximum Gasteiger partial charge on any atom is 0.237 e. The number of ether oxygens (including phenoxy) is 1. The molecule has 4 rings (SSSR count). The molecule has 1 aromatic rings. The minimum Gasteiger partial charge on any atom is -0.497 e. The van der Waals surface area contributed by atoms with Crippen LogP contribution < -0.4 is 15.4 Å². The standard InChI is InChI=1S/C22H33N3O2.2ClH/c1-27-18-10-8-16(9-11-18)21(25-12-4-5-13-25)15-23-22(26)20-14-17-6-2-3-7-19(17)24-20;;/h8-11,17,19-21,24H,2-7,12-15H2,1H3,(H,23,26);2*1H. The Morgan fingerprint density at radius 3 is 2.48 bits per heavy atom. The third-order valence-electron chi connectivity index (χ3n) is 6.73. The van der Waals surface area contributed by atoms with Crippen LogP contribution in [0, 0.1) is 5.92 Å². The summed E-state index contributed by atoms with van der Waals surface area (Å²) >= 11 is 0. The van der Waals surface area contributed by atoms with Crippen molar-refractivity contribution in [2.45, 2.75) is 63.1 Å². The highest BCUT2D eigenvalue weighted by molar-refractivity contribution is 5.85. The number of halogens is 2. The normalized spacial score (nSPS) is 27.3. The second-order valence-electron chi connectivity index (χ2n) is 8.38. The molecule has 2 heterocycles. The highest BCUT2D eigenvalue weighted by atomic mass is 35.5. The van der Waals surface area contributed by atoms with E-state index < -0.39 is 0 Å². The highest BCUT2D eigenvalue weighted by Crippen LogP contribution is 2.33. The molecule has 1 aliphatic carbocycles. The molecule has 29 heavy (non-hydrogen) atoms. The Bertz CT molecular complexity index is 623. The van der Waals surface area contributed by atoms with Crippen molar-refractivity contribution in [3.8, 4) is 5.75 Å². The van der Waals surface area contributed by atoms with E-state index in [0.29, 0.717) is 18.5 Å². The molecule has 2 aliphatic heterocycles. The fourth-order valence-corrected chi connectivity index (χ4v) is 5.18. The number of benzene rings is 1. The van der Waals surface area contributed by atoms with Gasteiger partial charge in [0.05, 0.1) is 19.2 Å². The van der Waals surface area contributed by atoms with Gasteiger partial charge in [0.2, 0.25) is 5.91 Å². The molecule has 2 saturated heterocycles. The van der Waals surface area contributed by atoms with Crippen molar-refractivity contribution in [1.82, 2.24) is 15.5 Å². The number of amides is 1. The van der Waals surface area contributed by atoms with Gasteiger partial charge in [-0.25, -0.2) is 0 Å². The quantitative estimate of drug-likeness (QED) is 0.703. The number of carbonyl (C=O) groups excluding carboxylic acids is 1. The van der Waals surface area contributed by atoms with Crippen LogP contribution in [0.15, 0.2) is 24.3 Å². The van der Waals surface area contributed by atoms with E-state index in [0.717, 1.165) is 25.3 Å². The molecule has 1 saturated carbocycles. The van der Waals surface area contributed by atoms with Crippen LogP contribution in [0.2, 0.25) is 0 Å². The lowest BCUT2D eigenvalue weighted by atomic mass is 9.85. The first-order chi connectivity index (χ1) is 13.2. The summed E-state index contributed by atoms with van der Waals surface area (Å²) in [5, 5.41) is 6.86. The van der Waals surface area contributed by atoms with Crippen molar-refractivity contribution in [3.63, 3.8) is 0 Å². The van der Waals surface area contributed by atoms with Crippen LogP contribution in [-0.2, 0) is 4.79 Å². The van der Waals surface area contributed by atoms with E-state index in [2.05, 4.69) is 27.7 Å². The second-order valence-corrected chi connectivity index (χ2v) is 8.38. The fraction of sp³-hybridized carbons (Fsp3) is 0.682. The summed E-state index contributed by atoms with van der Waals surface area (Å²) in [7, 11) is 1.69. The van der Waals surface area contributed by atoms with Gasteiger partial charge in [0, 0.05) is 12.6 Å². The third kappa shape index (κ3) is 5.78. The summed E-state index contributed by atoms with van der Waals surface area (Å²) in [5.74, 6) is 1.76. The smallest absolute Gasteiger partial charge is 0.237 e. The molecular formula is C22H35Cl2N3O2.